The molecule has 0 fully saturated rings. The monoisotopic (exact) mass is 222 g/mol. The van der Waals surface area contributed by atoms with Crippen LogP contribution in [0.2, 0.25) is 0 Å². The molecule has 4 N–H and O–H groups in total. The molecule has 0 heterocycles. The van der Waals surface area contributed by atoms with Gasteiger partial charge in [0, 0.05) is 6.54 Å². The fourth-order valence-corrected chi connectivity index (χ4v) is 0.338. The molecule has 1 radical (unpaired) electrons. The molecular formula is C6H16N5O4. The smallest absolute Gasteiger partial charge is 0.222 e. The van der Waals surface area contributed by atoms with Crippen LogP contribution in [0.15, 0.2) is 13.2 Å². The summed E-state index contributed by atoms with van der Waals surface area (Å²) >= 11 is 0. The van der Waals surface area contributed by atoms with Gasteiger partial charge in [-0.3, -0.25) is 0 Å². The molecule has 89 valence electrons. The Bertz CT molecular complexity index is 163. The van der Waals surface area contributed by atoms with Crippen LogP contribution in [0.1, 0.15) is 0 Å². The molecule has 0 aliphatic heterocycles. The Balaban J connectivity index is -0.000000245. The molecule has 15 heavy (non-hydrogen) atoms. The van der Waals surface area contributed by atoms with E-state index >= 15 is 0 Å². The molecule has 0 spiro atoms. The van der Waals surface area contributed by atoms with Crippen molar-refractivity contribution in [2.24, 2.45) is 11.5 Å². The molecule has 0 rings (SSSR count). The number of nitrogens with two attached hydrogens (primary N) is 2. The predicted molar refractivity (Wildman–Crippen MR) is 55.4 cm³/mol. The standard InChI is InChI=1S/C2H6N4O4.C2H6N.C2H4/c3-1-2-4(5(7)8)6(9)10;1-2-3;1-2/h1-3H2;1-3H2;1-2H2. The SMILES string of the molecule is C=C.NCCN([N+](=O)[O-])[N+](=O)[O-].[CH2]CN. The molecule has 0 saturated carbocycles. The fourth-order valence-electron chi connectivity index (χ4n) is 0.338. The van der Waals surface area contributed by atoms with Gasteiger partial charge in [0.25, 0.3) is 0 Å². The second-order valence-electron chi connectivity index (χ2n) is 1.65. The highest BCUT2D eigenvalue weighted by Gasteiger charge is 2.24. The van der Waals surface area contributed by atoms with E-state index in [-0.39, 0.29) is 18.2 Å². The largest absolute Gasteiger partial charge is 0.330 e. The summed E-state index contributed by atoms with van der Waals surface area (Å²) in [5.41, 5.74) is 9.59. The Morgan fingerprint density at radius 3 is 1.47 bits per heavy atom. The average Bonchev–Trinajstić information content (AvgIpc) is 2.17. The lowest BCUT2D eigenvalue weighted by molar-refractivity contribution is -0.906. The van der Waals surface area contributed by atoms with Gasteiger partial charge in [-0.2, -0.15) is 0 Å². The maximum atomic E-state index is 9.77. The second-order valence-corrected chi connectivity index (χ2v) is 1.65. The third kappa shape index (κ3) is 15.1. The summed E-state index contributed by atoms with van der Waals surface area (Å²) in [5.74, 6) is 0. The van der Waals surface area contributed by atoms with Gasteiger partial charge in [0.1, 0.15) is 0 Å². The van der Waals surface area contributed by atoms with Gasteiger partial charge in [-0.15, -0.1) is 13.2 Å². The minimum Gasteiger partial charge on any atom is -0.330 e. The maximum Gasteiger partial charge on any atom is 0.222 e. The number of nitro groups is 2. The Hall–Kier alpha value is -1.74. The first-order valence-corrected chi connectivity index (χ1v) is 3.76. The molecule has 0 unspecified atom stereocenters. The quantitative estimate of drug-likeness (QED) is 0.360. The normalized spacial score (nSPS) is 7.40. The summed E-state index contributed by atoms with van der Waals surface area (Å²) in [6, 6.07) is 0. The minimum atomic E-state index is -1.12. The lowest BCUT2D eigenvalue weighted by atomic mass is 10.7. The first-order valence-electron chi connectivity index (χ1n) is 3.76. The van der Waals surface area contributed by atoms with Crippen molar-refractivity contribution in [1.82, 2.24) is 5.12 Å². The Labute approximate surface area is 87.6 Å². The molecule has 0 aromatic rings. The van der Waals surface area contributed by atoms with E-state index in [0.29, 0.717) is 6.54 Å². The Kier molecular flexibility index (Phi) is 18.6. The van der Waals surface area contributed by atoms with Crippen LogP contribution >= 0.6 is 0 Å². The number of hydrogen-bond acceptors (Lipinski definition) is 6. The number of rotatable bonds is 4. The van der Waals surface area contributed by atoms with Crippen LogP contribution in [-0.4, -0.2) is 34.8 Å². The summed E-state index contributed by atoms with van der Waals surface area (Å²) in [4.78, 5) is 19.5. The van der Waals surface area contributed by atoms with Gasteiger partial charge in [0.2, 0.25) is 10.1 Å². The van der Waals surface area contributed by atoms with Gasteiger partial charge in [-0.1, -0.05) is 0 Å². The summed E-state index contributed by atoms with van der Waals surface area (Å²) in [6.07, 6.45) is 0. The van der Waals surface area contributed by atoms with E-state index in [4.69, 9.17) is 11.5 Å². The van der Waals surface area contributed by atoms with Crippen LogP contribution in [-0.2, 0) is 0 Å². The van der Waals surface area contributed by atoms with Crippen LogP contribution in [0.5, 0.6) is 0 Å². The first-order chi connectivity index (χ1) is 7.01. The molecule has 0 saturated heterocycles. The molecular weight excluding hydrogens is 206 g/mol. The second kappa shape index (κ2) is 14.8. The van der Waals surface area contributed by atoms with Crippen molar-refractivity contribution in [2.75, 3.05) is 19.6 Å². The molecule has 0 aromatic heterocycles. The number of hydrogen-bond donors (Lipinski definition) is 2. The van der Waals surface area contributed by atoms with Gasteiger partial charge >= 0.3 is 0 Å². The molecule has 9 nitrogen and oxygen atoms in total. The van der Waals surface area contributed by atoms with Crippen LogP contribution in [0.4, 0.5) is 0 Å². The minimum absolute atomic E-state index is 0.123. The van der Waals surface area contributed by atoms with Crippen molar-refractivity contribution in [3.63, 3.8) is 0 Å². The van der Waals surface area contributed by atoms with E-state index in [1.54, 1.807) is 0 Å². The zero-order valence-corrected chi connectivity index (χ0v) is 8.37. The molecule has 9 heteroatoms. The van der Waals surface area contributed by atoms with Crippen LogP contribution in [0.25, 0.3) is 0 Å². The lowest BCUT2D eigenvalue weighted by Crippen LogP contribution is -2.39. The highest BCUT2D eigenvalue weighted by Crippen LogP contribution is 1.85. The predicted octanol–water partition coefficient (Wildman–Crippen LogP) is -0.788. The van der Waals surface area contributed by atoms with Crippen molar-refractivity contribution in [2.45, 2.75) is 0 Å². The van der Waals surface area contributed by atoms with Gasteiger partial charge < -0.3 is 11.5 Å². The number of hydrazine groups is 2. The molecule has 0 bridgehead atoms. The van der Waals surface area contributed by atoms with Crippen LogP contribution in [0.3, 0.4) is 0 Å². The molecule has 0 atom stereocenters. The van der Waals surface area contributed by atoms with E-state index in [2.05, 4.69) is 20.1 Å². The molecule has 0 aliphatic rings. The van der Waals surface area contributed by atoms with Crippen LogP contribution < -0.4 is 11.5 Å². The molecule has 0 amide bonds. The lowest BCUT2D eigenvalue weighted by Gasteiger charge is -1.99. The summed E-state index contributed by atoms with van der Waals surface area (Å²) < 4.78 is 0. The average molecular weight is 222 g/mol. The Morgan fingerprint density at radius 1 is 1.13 bits per heavy atom. The van der Waals surface area contributed by atoms with Gasteiger partial charge in [-0.05, 0) is 13.5 Å². The van der Waals surface area contributed by atoms with Crippen molar-refractivity contribution >= 4 is 0 Å². The van der Waals surface area contributed by atoms with Gasteiger partial charge in [0.05, 0.1) is 0 Å². The fraction of sp³-hybridized carbons (Fsp3) is 0.500. The van der Waals surface area contributed by atoms with E-state index in [1.807, 2.05) is 0 Å². The van der Waals surface area contributed by atoms with Gasteiger partial charge in [0.15, 0.2) is 11.7 Å². The highest BCUT2D eigenvalue weighted by molar-refractivity contribution is 4.31. The summed E-state index contributed by atoms with van der Waals surface area (Å²) in [6.45, 7) is 9.25. The van der Waals surface area contributed by atoms with Gasteiger partial charge in [-0.25, -0.2) is 20.2 Å². The maximum absolute atomic E-state index is 9.77. The molecule has 0 aromatic carbocycles. The van der Waals surface area contributed by atoms with Crippen LogP contribution in [0, 0.1) is 27.2 Å². The van der Waals surface area contributed by atoms with Crippen molar-refractivity contribution < 1.29 is 10.1 Å². The van der Waals surface area contributed by atoms with E-state index in [9.17, 15) is 20.2 Å². The van der Waals surface area contributed by atoms with Crippen molar-refractivity contribution in [3.8, 4) is 0 Å². The van der Waals surface area contributed by atoms with Crippen molar-refractivity contribution in [1.29, 1.82) is 0 Å². The first kappa shape index (κ1) is 18.9. The summed E-state index contributed by atoms with van der Waals surface area (Å²) in [5, 5.41) is 17.1. The van der Waals surface area contributed by atoms with E-state index < -0.39 is 10.1 Å². The highest BCUT2D eigenvalue weighted by atomic mass is 16.8. The third-order valence-electron chi connectivity index (χ3n) is 0.706. The summed E-state index contributed by atoms with van der Waals surface area (Å²) in [7, 11) is 0. The Morgan fingerprint density at radius 2 is 1.40 bits per heavy atom. The van der Waals surface area contributed by atoms with E-state index in [0.717, 1.165) is 0 Å². The van der Waals surface area contributed by atoms with Crippen molar-refractivity contribution in [3.05, 3.63) is 40.3 Å². The third-order valence-corrected chi connectivity index (χ3v) is 0.706. The molecule has 0 aliphatic carbocycles. The van der Waals surface area contributed by atoms with E-state index in [1.165, 1.54) is 0 Å². The zero-order chi connectivity index (χ0) is 12.9. The zero-order valence-electron chi connectivity index (χ0n) is 8.37. The topological polar surface area (TPSA) is 142 Å². The number of nitrogens with zero attached hydrogens (tertiary/aromatic N) is 3.